The molecule has 4 N–H and O–H groups in total. The van der Waals surface area contributed by atoms with Crippen molar-refractivity contribution < 1.29 is 9.47 Å². The van der Waals surface area contributed by atoms with Gasteiger partial charge in [-0.1, -0.05) is 74.0 Å². The fourth-order valence-corrected chi connectivity index (χ4v) is 3.49. The summed E-state index contributed by atoms with van der Waals surface area (Å²) in [6, 6.07) is 20.7. The van der Waals surface area contributed by atoms with Gasteiger partial charge in [0.05, 0.1) is 26.4 Å². The summed E-state index contributed by atoms with van der Waals surface area (Å²) in [5.74, 6) is 1.71. The van der Waals surface area contributed by atoms with Crippen molar-refractivity contribution in [1.29, 1.82) is 0 Å². The third-order valence-corrected chi connectivity index (χ3v) is 5.32. The molecule has 3 rings (SSSR count). The smallest absolute Gasteiger partial charge is 0.232 e. The molecule has 0 amide bonds. The number of anilines is 3. The zero-order valence-electron chi connectivity index (χ0n) is 21.2. The highest BCUT2D eigenvalue weighted by atomic mass is 16.5. The lowest BCUT2D eigenvalue weighted by Gasteiger charge is -2.24. The number of hydrogen-bond donors (Lipinski definition) is 3. The van der Waals surface area contributed by atoms with Crippen LogP contribution in [0.4, 0.5) is 17.8 Å². The van der Waals surface area contributed by atoms with Gasteiger partial charge in [-0.05, 0) is 17.5 Å². The number of nitrogens with two attached hydrogens (primary N) is 1. The molecule has 36 heavy (non-hydrogen) atoms. The molecule has 0 bridgehead atoms. The second-order valence-electron chi connectivity index (χ2n) is 8.33. The zero-order valence-corrected chi connectivity index (χ0v) is 21.2. The monoisotopic (exact) mass is 493 g/mol. The molecule has 1 heterocycles. The Balaban J connectivity index is 1.73. The van der Waals surface area contributed by atoms with Gasteiger partial charge in [0.15, 0.2) is 0 Å². The summed E-state index contributed by atoms with van der Waals surface area (Å²) < 4.78 is 11.0. The maximum Gasteiger partial charge on any atom is 0.232 e. The second-order valence-corrected chi connectivity index (χ2v) is 8.33. The van der Waals surface area contributed by atoms with Crippen LogP contribution < -0.4 is 21.3 Å². The van der Waals surface area contributed by atoms with Gasteiger partial charge in [-0.25, -0.2) is 0 Å². The molecular weight excluding hydrogens is 454 g/mol. The second kappa shape index (κ2) is 16.4. The Kier molecular flexibility index (Phi) is 12.5. The molecule has 194 valence electrons. The highest BCUT2D eigenvalue weighted by Crippen LogP contribution is 2.19. The zero-order chi connectivity index (χ0) is 25.3. The van der Waals surface area contributed by atoms with E-state index in [0.717, 1.165) is 19.4 Å². The summed E-state index contributed by atoms with van der Waals surface area (Å²) in [5, 5.41) is 6.64. The van der Waals surface area contributed by atoms with E-state index in [9.17, 15) is 0 Å². The Hall–Kier alpha value is -3.27. The van der Waals surface area contributed by atoms with Crippen molar-refractivity contribution in [2.24, 2.45) is 5.73 Å². The van der Waals surface area contributed by atoms with E-state index in [1.807, 2.05) is 12.1 Å². The molecule has 0 aliphatic carbocycles. The van der Waals surface area contributed by atoms with Crippen LogP contribution in [0.2, 0.25) is 0 Å². The van der Waals surface area contributed by atoms with E-state index < -0.39 is 0 Å². The topological polar surface area (TPSA) is 110 Å². The Morgan fingerprint density at radius 3 is 1.83 bits per heavy atom. The normalized spacial score (nSPS) is 10.8. The average molecular weight is 494 g/mol. The lowest BCUT2D eigenvalue weighted by Crippen LogP contribution is -2.26. The summed E-state index contributed by atoms with van der Waals surface area (Å²) in [7, 11) is 0. The van der Waals surface area contributed by atoms with Crippen molar-refractivity contribution in [3.63, 3.8) is 0 Å². The molecule has 0 aliphatic heterocycles. The number of aromatic nitrogens is 3. The van der Waals surface area contributed by atoms with Crippen LogP contribution in [0.15, 0.2) is 60.7 Å². The molecule has 3 aromatic rings. The third-order valence-electron chi connectivity index (χ3n) is 5.32. The SMILES string of the molecule is CCCCNc1nc(NCCOCCOCCN)nc(N(Cc2ccccc2)Cc2ccccc2)n1. The van der Waals surface area contributed by atoms with E-state index in [2.05, 4.69) is 76.0 Å². The summed E-state index contributed by atoms with van der Waals surface area (Å²) >= 11 is 0. The van der Waals surface area contributed by atoms with Gasteiger partial charge in [-0.15, -0.1) is 0 Å². The van der Waals surface area contributed by atoms with Crippen molar-refractivity contribution in [1.82, 2.24) is 15.0 Å². The number of ether oxygens (including phenoxy) is 2. The molecule has 0 unspecified atom stereocenters. The number of rotatable bonds is 18. The van der Waals surface area contributed by atoms with Crippen molar-refractivity contribution in [2.45, 2.75) is 32.9 Å². The Morgan fingerprint density at radius 1 is 0.722 bits per heavy atom. The Labute approximate surface area is 214 Å². The molecule has 0 saturated carbocycles. The molecule has 0 radical (unpaired) electrons. The molecule has 0 spiro atoms. The predicted molar refractivity (Wildman–Crippen MR) is 145 cm³/mol. The van der Waals surface area contributed by atoms with Gasteiger partial charge in [0.2, 0.25) is 17.8 Å². The Morgan fingerprint density at radius 2 is 1.28 bits per heavy atom. The van der Waals surface area contributed by atoms with Gasteiger partial charge < -0.3 is 30.7 Å². The fourth-order valence-electron chi connectivity index (χ4n) is 3.49. The molecule has 0 saturated heterocycles. The van der Waals surface area contributed by atoms with Crippen molar-refractivity contribution in [3.05, 3.63) is 71.8 Å². The van der Waals surface area contributed by atoms with Gasteiger partial charge in [0, 0.05) is 32.7 Å². The van der Waals surface area contributed by atoms with Gasteiger partial charge >= 0.3 is 0 Å². The first kappa shape index (κ1) is 27.3. The van der Waals surface area contributed by atoms with Gasteiger partial charge in [0.1, 0.15) is 0 Å². The number of unbranched alkanes of at least 4 members (excludes halogenated alkanes) is 1. The molecule has 2 aromatic carbocycles. The minimum atomic E-state index is 0.517. The fraction of sp³-hybridized carbons (Fsp3) is 0.444. The molecule has 9 heteroatoms. The van der Waals surface area contributed by atoms with Crippen LogP contribution in [0.25, 0.3) is 0 Å². The van der Waals surface area contributed by atoms with Crippen LogP contribution >= 0.6 is 0 Å². The van der Waals surface area contributed by atoms with Gasteiger partial charge in [-0.3, -0.25) is 0 Å². The van der Waals surface area contributed by atoms with Crippen LogP contribution in [-0.4, -0.2) is 61.0 Å². The molecule has 0 fully saturated rings. The standard InChI is InChI=1S/C27H39N7O2/c1-2-3-15-29-25-31-26(30-16-18-36-20-19-35-17-14-28)33-27(32-25)34(21-23-10-6-4-7-11-23)22-24-12-8-5-9-13-24/h4-13H,2-3,14-22,28H2,1H3,(H2,29,30,31,32,33). The largest absolute Gasteiger partial charge is 0.378 e. The average Bonchev–Trinajstić information content (AvgIpc) is 2.91. The molecule has 9 nitrogen and oxygen atoms in total. The first-order valence-electron chi connectivity index (χ1n) is 12.7. The van der Waals surface area contributed by atoms with Crippen LogP contribution in [0.1, 0.15) is 30.9 Å². The van der Waals surface area contributed by atoms with Gasteiger partial charge in [0.25, 0.3) is 0 Å². The lowest BCUT2D eigenvalue weighted by atomic mass is 10.2. The van der Waals surface area contributed by atoms with E-state index in [4.69, 9.17) is 25.2 Å². The lowest BCUT2D eigenvalue weighted by molar-refractivity contribution is 0.0547. The van der Waals surface area contributed by atoms with Crippen LogP contribution in [0.3, 0.4) is 0 Å². The minimum absolute atomic E-state index is 0.517. The van der Waals surface area contributed by atoms with Crippen molar-refractivity contribution in [2.75, 3.05) is 61.6 Å². The number of benzene rings is 2. The molecular formula is C27H39N7O2. The predicted octanol–water partition coefficient (Wildman–Crippen LogP) is 3.69. The molecule has 0 atom stereocenters. The van der Waals surface area contributed by atoms with Crippen molar-refractivity contribution in [3.8, 4) is 0 Å². The van der Waals surface area contributed by atoms with Gasteiger partial charge in [-0.2, -0.15) is 15.0 Å². The third kappa shape index (κ3) is 10.2. The van der Waals surface area contributed by atoms with Crippen LogP contribution in [-0.2, 0) is 22.6 Å². The number of nitrogens with one attached hydrogen (secondary N) is 2. The van der Waals surface area contributed by atoms with E-state index in [1.165, 1.54) is 11.1 Å². The summed E-state index contributed by atoms with van der Waals surface area (Å²) in [6.07, 6.45) is 2.14. The highest BCUT2D eigenvalue weighted by Gasteiger charge is 2.15. The summed E-state index contributed by atoms with van der Waals surface area (Å²) in [4.78, 5) is 16.3. The maximum atomic E-state index is 5.62. The number of hydrogen-bond acceptors (Lipinski definition) is 9. The highest BCUT2D eigenvalue weighted by molar-refractivity contribution is 5.45. The van der Waals surface area contributed by atoms with Crippen LogP contribution in [0.5, 0.6) is 0 Å². The maximum absolute atomic E-state index is 5.62. The number of nitrogens with zero attached hydrogens (tertiary/aromatic N) is 4. The first-order chi connectivity index (χ1) is 17.8. The molecule has 1 aromatic heterocycles. The molecule has 0 aliphatic rings. The quantitative estimate of drug-likeness (QED) is 0.228. The van der Waals surface area contributed by atoms with E-state index >= 15 is 0 Å². The first-order valence-corrected chi connectivity index (χ1v) is 12.7. The Bertz CT molecular complexity index is 935. The van der Waals surface area contributed by atoms with E-state index in [-0.39, 0.29) is 0 Å². The van der Waals surface area contributed by atoms with E-state index in [1.54, 1.807) is 0 Å². The minimum Gasteiger partial charge on any atom is -0.378 e. The van der Waals surface area contributed by atoms with Crippen molar-refractivity contribution >= 4 is 17.8 Å². The van der Waals surface area contributed by atoms with Crippen LogP contribution in [0, 0.1) is 0 Å². The van der Waals surface area contributed by atoms with E-state index in [0.29, 0.717) is 70.5 Å². The summed E-state index contributed by atoms with van der Waals surface area (Å²) in [6.45, 7) is 7.55. The summed E-state index contributed by atoms with van der Waals surface area (Å²) in [5.41, 5.74) is 7.80.